The van der Waals surface area contributed by atoms with Gasteiger partial charge < -0.3 is 10.5 Å². The lowest BCUT2D eigenvalue weighted by Gasteiger charge is -2.04. The van der Waals surface area contributed by atoms with Crippen LogP contribution >= 0.6 is 0 Å². The quantitative estimate of drug-likeness (QED) is 0.205. The zero-order valence-electron chi connectivity index (χ0n) is 19.4. The molecule has 0 aliphatic carbocycles. The highest BCUT2D eigenvalue weighted by Gasteiger charge is 1.98. The Labute approximate surface area is 189 Å². The van der Waals surface area contributed by atoms with Crippen molar-refractivity contribution >= 4 is 11.4 Å². The van der Waals surface area contributed by atoms with Crippen LogP contribution in [0.25, 0.3) is 0 Å². The average Bonchev–Trinajstić information content (AvgIpc) is 2.81. The lowest BCUT2D eigenvalue weighted by atomic mass is 10.0. The summed E-state index contributed by atoms with van der Waals surface area (Å²) in [5, 5.41) is 8.67. The van der Waals surface area contributed by atoms with E-state index in [4.69, 9.17) is 10.5 Å². The fourth-order valence-corrected chi connectivity index (χ4v) is 3.54. The van der Waals surface area contributed by atoms with E-state index in [1.807, 2.05) is 24.3 Å². The van der Waals surface area contributed by atoms with Gasteiger partial charge in [-0.2, -0.15) is 10.2 Å². The van der Waals surface area contributed by atoms with E-state index in [2.05, 4.69) is 41.4 Å². The summed E-state index contributed by atoms with van der Waals surface area (Å²) in [7, 11) is 0. The average molecular weight is 424 g/mol. The van der Waals surface area contributed by atoms with Crippen molar-refractivity contribution in [3.63, 3.8) is 0 Å². The molecule has 31 heavy (non-hydrogen) atoms. The molecule has 0 amide bonds. The first-order valence-corrected chi connectivity index (χ1v) is 12.3. The molecule has 4 nitrogen and oxygen atoms in total. The Kier molecular flexibility index (Phi) is 13.3. The molecule has 2 N–H and O–H groups in total. The van der Waals surface area contributed by atoms with Crippen LogP contribution in [0.1, 0.15) is 83.1 Å². The van der Waals surface area contributed by atoms with Crippen LogP contribution < -0.4 is 10.5 Å². The van der Waals surface area contributed by atoms with Gasteiger partial charge in [-0.05, 0) is 67.8 Å². The summed E-state index contributed by atoms with van der Waals surface area (Å²) in [6, 6.07) is 16.1. The van der Waals surface area contributed by atoms with Gasteiger partial charge in [0.2, 0.25) is 0 Å². The molecule has 0 saturated heterocycles. The normalized spacial score (nSPS) is 11.3. The predicted molar refractivity (Wildman–Crippen MR) is 132 cm³/mol. The minimum Gasteiger partial charge on any atom is -0.494 e. The van der Waals surface area contributed by atoms with E-state index in [0.717, 1.165) is 30.0 Å². The minimum atomic E-state index is 0.642. The van der Waals surface area contributed by atoms with E-state index in [0.29, 0.717) is 13.2 Å². The van der Waals surface area contributed by atoms with E-state index in [-0.39, 0.29) is 0 Å². The zero-order valence-corrected chi connectivity index (χ0v) is 19.4. The first-order valence-electron chi connectivity index (χ1n) is 12.3. The van der Waals surface area contributed by atoms with E-state index >= 15 is 0 Å². The Balaban J connectivity index is 1.61. The number of benzene rings is 2. The van der Waals surface area contributed by atoms with Crippen molar-refractivity contribution in [3.8, 4) is 5.75 Å². The Morgan fingerprint density at radius 1 is 0.645 bits per heavy atom. The number of unbranched alkanes of at least 4 members (excludes halogenated alkanes) is 9. The Bertz CT molecular complexity index is 710. The highest BCUT2D eigenvalue weighted by Crippen LogP contribution is 2.22. The highest BCUT2D eigenvalue weighted by atomic mass is 16.5. The molecule has 0 aromatic heterocycles. The van der Waals surface area contributed by atoms with Crippen molar-refractivity contribution < 1.29 is 4.74 Å². The number of aryl methyl sites for hydroxylation is 1. The molecule has 4 heteroatoms. The van der Waals surface area contributed by atoms with Gasteiger partial charge >= 0.3 is 0 Å². The second kappa shape index (κ2) is 16.5. The maximum Gasteiger partial charge on any atom is 0.119 e. The molecule has 0 bridgehead atoms. The van der Waals surface area contributed by atoms with Gasteiger partial charge in [-0.25, -0.2) is 0 Å². The molecule has 0 spiro atoms. The summed E-state index contributed by atoms with van der Waals surface area (Å²) in [5.41, 5.74) is 8.57. The molecule has 0 atom stereocenters. The fraction of sp³-hybridized carbons (Fsp3) is 0.556. The molecule has 0 aliphatic heterocycles. The SMILES string of the molecule is CCCCCCCCCCCCc1ccc(N=Nc2ccc(OCCCN)cc2)cc1. The van der Waals surface area contributed by atoms with Crippen LogP contribution in [0.5, 0.6) is 5.75 Å². The van der Waals surface area contributed by atoms with Crippen LogP contribution in [-0.4, -0.2) is 13.2 Å². The highest BCUT2D eigenvalue weighted by molar-refractivity contribution is 5.43. The number of ether oxygens (including phenoxy) is 1. The molecule has 170 valence electrons. The first kappa shape index (κ1) is 25.1. The summed E-state index contributed by atoms with van der Waals surface area (Å²) >= 11 is 0. The molecule has 0 fully saturated rings. The van der Waals surface area contributed by atoms with Crippen molar-refractivity contribution in [2.24, 2.45) is 16.0 Å². The van der Waals surface area contributed by atoms with Crippen LogP contribution in [0.3, 0.4) is 0 Å². The molecular weight excluding hydrogens is 382 g/mol. The molecule has 0 heterocycles. The topological polar surface area (TPSA) is 60.0 Å². The van der Waals surface area contributed by atoms with Crippen molar-refractivity contribution in [1.29, 1.82) is 0 Å². The largest absolute Gasteiger partial charge is 0.494 e. The summed E-state index contributed by atoms with van der Waals surface area (Å²) in [6.07, 6.45) is 15.8. The summed E-state index contributed by atoms with van der Waals surface area (Å²) < 4.78 is 5.60. The second-order valence-electron chi connectivity index (χ2n) is 8.28. The van der Waals surface area contributed by atoms with Gasteiger partial charge in [0.15, 0.2) is 0 Å². The maximum absolute atomic E-state index is 5.60. The molecule has 0 unspecified atom stereocenters. The molecule has 0 aliphatic rings. The smallest absolute Gasteiger partial charge is 0.119 e. The zero-order chi connectivity index (χ0) is 22.0. The number of nitrogens with two attached hydrogens (primary N) is 1. The van der Waals surface area contributed by atoms with Gasteiger partial charge in [0.25, 0.3) is 0 Å². The molecule has 0 saturated carbocycles. The third-order valence-corrected chi connectivity index (χ3v) is 5.49. The number of nitrogens with zero attached hydrogens (tertiary/aromatic N) is 2. The van der Waals surface area contributed by atoms with Gasteiger partial charge in [-0.3, -0.25) is 0 Å². The third kappa shape index (κ3) is 11.7. The van der Waals surface area contributed by atoms with E-state index in [9.17, 15) is 0 Å². The molecule has 2 aromatic rings. The maximum atomic E-state index is 5.60. The molecule has 0 radical (unpaired) electrons. The van der Waals surface area contributed by atoms with Gasteiger partial charge in [0.05, 0.1) is 18.0 Å². The second-order valence-corrected chi connectivity index (χ2v) is 8.28. The monoisotopic (exact) mass is 423 g/mol. The van der Waals surface area contributed by atoms with Crippen LogP contribution in [0, 0.1) is 0 Å². The number of hydrogen-bond donors (Lipinski definition) is 1. The van der Waals surface area contributed by atoms with E-state index in [1.54, 1.807) is 0 Å². The van der Waals surface area contributed by atoms with Crippen molar-refractivity contribution in [2.75, 3.05) is 13.2 Å². The van der Waals surface area contributed by atoms with Gasteiger partial charge in [-0.1, -0.05) is 76.8 Å². The van der Waals surface area contributed by atoms with Crippen molar-refractivity contribution in [2.45, 2.75) is 84.0 Å². The van der Waals surface area contributed by atoms with Crippen LogP contribution in [0.4, 0.5) is 11.4 Å². The van der Waals surface area contributed by atoms with Gasteiger partial charge in [0, 0.05) is 0 Å². The number of rotatable bonds is 17. The molecule has 2 rings (SSSR count). The van der Waals surface area contributed by atoms with Crippen LogP contribution in [0.15, 0.2) is 58.8 Å². The van der Waals surface area contributed by atoms with E-state index in [1.165, 1.54) is 69.8 Å². The van der Waals surface area contributed by atoms with Crippen LogP contribution in [0.2, 0.25) is 0 Å². The van der Waals surface area contributed by atoms with Gasteiger partial charge in [0.1, 0.15) is 5.75 Å². The Morgan fingerprint density at radius 2 is 1.16 bits per heavy atom. The lowest BCUT2D eigenvalue weighted by Crippen LogP contribution is -2.05. The summed E-state index contributed by atoms with van der Waals surface area (Å²) in [6.45, 7) is 3.56. The molecular formula is C27H41N3O. The van der Waals surface area contributed by atoms with Crippen molar-refractivity contribution in [3.05, 3.63) is 54.1 Å². The summed E-state index contributed by atoms with van der Waals surface area (Å²) in [5.74, 6) is 0.837. The number of azo groups is 1. The summed E-state index contributed by atoms with van der Waals surface area (Å²) in [4.78, 5) is 0. The Morgan fingerprint density at radius 3 is 1.71 bits per heavy atom. The third-order valence-electron chi connectivity index (χ3n) is 5.49. The minimum absolute atomic E-state index is 0.642. The lowest BCUT2D eigenvalue weighted by molar-refractivity contribution is 0.313. The van der Waals surface area contributed by atoms with Crippen LogP contribution in [-0.2, 0) is 6.42 Å². The number of hydrogen-bond acceptors (Lipinski definition) is 4. The Hall–Kier alpha value is -2.20. The fourth-order valence-electron chi connectivity index (χ4n) is 3.54. The van der Waals surface area contributed by atoms with E-state index < -0.39 is 0 Å². The van der Waals surface area contributed by atoms with Crippen molar-refractivity contribution in [1.82, 2.24) is 0 Å². The predicted octanol–water partition coefficient (Wildman–Crippen LogP) is 8.29. The molecule has 2 aromatic carbocycles. The van der Waals surface area contributed by atoms with Gasteiger partial charge in [-0.15, -0.1) is 0 Å². The standard InChI is InChI=1S/C27H41N3O/c1-2-3-4-5-6-7-8-9-10-11-13-24-14-16-25(17-15-24)29-30-26-18-20-27(21-19-26)31-23-12-22-28/h14-21H,2-13,22-23,28H2,1H3. The first-order chi connectivity index (χ1) is 15.3.